The van der Waals surface area contributed by atoms with Crippen molar-refractivity contribution in [3.63, 3.8) is 0 Å². The zero-order chi connectivity index (χ0) is 13.1. The summed E-state index contributed by atoms with van der Waals surface area (Å²) in [5, 5.41) is 9.19. The monoisotopic (exact) mass is 248 g/mol. The number of ether oxygens (including phenoxy) is 1. The van der Waals surface area contributed by atoms with Crippen LogP contribution in [0.25, 0.3) is 0 Å². The van der Waals surface area contributed by atoms with Crippen molar-refractivity contribution < 1.29 is 14.6 Å². The minimum atomic E-state index is -0.919. The summed E-state index contributed by atoms with van der Waals surface area (Å²) in [6.07, 6.45) is 4.62. The van der Waals surface area contributed by atoms with Crippen LogP contribution in [0.2, 0.25) is 0 Å². The van der Waals surface area contributed by atoms with E-state index in [1.807, 2.05) is 13.0 Å². The fraction of sp³-hybridized carbons (Fsp3) is 0.533. The summed E-state index contributed by atoms with van der Waals surface area (Å²) in [6.45, 7) is 4.11. The van der Waals surface area contributed by atoms with Crippen molar-refractivity contribution in [2.45, 2.75) is 45.6 Å². The summed E-state index contributed by atoms with van der Waals surface area (Å²) >= 11 is 0. The third kappa shape index (κ3) is 3.03. The first-order valence-electron chi connectivity index (χ1n) is 6.57. The SMILES string of the molecule is Cc1ccc(OC2CCCC(C)C2)c(C(=O)O)c1. The van der Waals surface area contributed by atoms with Gasteiger partial charge in [-0.1, -0.05) is 25.0 Å². The van der Waals surface area contributed by atoms with E-state index in [0.29, 0.717) is 11.7 Å². The Kier molecular flexibility index (Phi) is 3.90. The van der Waals surface area contributed by atoms with E-state index in [1.165, 1.54) is 12.8 Å². The number of rotatable bonds is 3. The van der Waals surface area contributed by atoms with E-state index in [-0.39, 0.29) is 11.7 Å². The Labute approximate surface area is 108 Å². The minimum absolute atomic E-state index is 0.162. The van der Waals surface area contributed by atoms with E-state index >= 15 is 0 Å². The molecule has 0 radical (unpaired) electrons. The number of hydrogen-bond donors (Lipinski definition) is 1. The second-order valence-electron chi connectivity index (χ2n) is 5.32. The van der Waals surface area contributed by atoms with E-state index in [4.69, 9.17) is 4.74 Å². The van der Waals surface area contributed by atoms with Crippen LogP contribution in [0.4, 0.5) is 0 Å². The fourth-order valence-electron chi connectivity index (χ4n) is 2.58. The van der Waals surface area contributed by atoms with Crippen LogP contribution in [0.1, 0.15) is 48.5 Å². The molecule has 1 aromatic carbocycles. The number of carbonyl (C=O) groups is 1. The van der Waals surface area contributed by atoms with Gasteiger partial charge < -0.3 is 9.84 Å². The van der Waals surface area contributed by atoms with Gasteiger partial charge >= 0.3 is 5.97 Å². The Balaban J connectivity index is 2.15. The third-order valence-corrected chi connectivity index (χ3v) is 3.55. The van der Waals surface area contributed by atoms with Crippen LogP contribution >= 0.6 is 0 Å². The third-order valence-electron chi connectivity index (χ3n) is 3.55. The Bertz CT molecular complexity index is 439. The van der Waals surface area contributed by atoms with Crippen LogP contribution in [0.5, 0.6) is 5.75 Å². The summed E-state index contributed by atoms with van der Waals surface area (Å²) < 4.78 is 5.89. The lowest BCUT2D eigenvalue weighted by Crippen LogP contribution is -2.24. The minimum Gasteiger partial charge on any atom is -0.490 e. The van der Waals surface area contributed by atoms with E-state index in [0.717, 1.165) is 18.4 Å². The van der Waals surface area contributed by atoms with Crippen LogP contribution in [-0.4, -0.2) is 17.2 Å². The smallest absolute Gasteiger partial charge is 0.339 e. The topological polar surface area (TPSA) is 46.5 Å². The molecule has 0 bridgehead atoms. The molecule has 1 fully saturated rings. The molecule has 0 aromatic heterocycles. The molecule has 0 aliphatic heterocycles. The Morgan fingerprint density at radius 2 is 2.17 bits per heavy atom. The Morgan fingerprint density at radius 3 is 2.83 bits per heavy atom. The highest BCUT2D eigenvalue weighted by atomic mass is 16.5. The van der Waals surface area contributed by atoms with E-state index in [9.17, 15) is 9.90 Å². The Hall–Kier alpha value is -1.51. The molecule has 0 spiro atoms. The highest BCUT2D eigenvalue weighted by molar-refractivity contribution is 5.91. The molecule has 1 aromatic rings. The standard InChI is InChI=1S/C15H20O3/c1-10-4-3-5-12(8-10)18-14-7-6-11(2)9-13(14)15(16)17/h6-7,9-10,12H,3-5,8H2,1-2H3,(H,16,17). The zero-order valence-electron chi connectivity index (χ0n) is 11.0. The van der Waals surface area contributed by atoms with Gasteiger partial charge in [-0.15, -0.1) is 0 Å². The molecule has 1 aliphatic rings. The summed E-state index contributed by atoms with van der Waals surface area (Å²) in [4.78, 5) is 11.2. The molecule has 0 saturated heterocycles. The van der Waals surface area contributed by atoms with Gasteiger partial charge in [0, 0.05) is 0 Å². The molecule has 98 valence electrons. The number of aromatic carboxylic acids is 1. The van der Waals surface area contributed by atoms with Gasteiger partial charge in [0.1, 0.15) is 11.3 Å². The highest BCUT2D eigenvalue weighted by Crippen LogP contribution is 2.29. The zero-order valence-corrected chi connectivity index (χ0v) is 11.0. The number of carboxylic acid groups (broad SMARTS) is 1. The van der Waals surface area contributed by atoms with Crippen molar-refractivity contribution >= 4 is 5.97 Å². The molecule has 1 saturated carbocycles. The first kappa shape index (κ1) is 12.9. The predicted molar refractivity (Wildman–Crippen MR) is 70.2 cm³/mol. The van der Waals surface area contributed by atoms with E-state index in [2.05, 4.69) is 6.92 Å². The summed E-state index contributed by atoms with van der Waals surface area (Å²) in [6, 6.07) is 5.34. The van der Waals surface area contributed by atoms with Crippen molar-refractivity contribution in [3.05, 3.63) is 29.3 Å². The first-order chi connectivity index (χ1) is 8.56. The molecule has 1 aliphatic carbocycles. The van der Waals surface area contributed by atoms with Gasteiger partial charge in [-0.05, 0) is 44.2 Å². The molecular formula is C15H20O3. The largest absolute Gasteiger partial charge is 0.490 e. The van der Waals surface area contributed by atoms with Crippen LogP contribution in [0.3, 0.4) is 0 Å². The average molecular weight is 248 g/mol. The molecular weight excluding hydrogens is 228 g/mol. The summed E-state index contributed by atoms with van der Waals surface area (Å²) in [7, 11) is 0. The van der Waals surface area contributed by atoms with Gasteiger partial charge in [0.2, 0.25) is 0 Å². The molecule has 2 atom stereocenters. The quantitative estimate of drug-likeness (QED) is 0.888. The van der Waals surface area contributed by atoms with Gasteiger partial charge in [-0.25, -0.2) is 4.79 Å². The lowest BCUT2D eigenvalue weighted by Gasteiger charge is -2.27. The van der Waals surface area contributed by atoms with Gasteiger partial charge in [-0.3, -0.25) is 0 Å². The summed E-state index contributed by atoms with van der Waals surface area (Å²) in [5.41, 5.74) is 1.21. The molecule has 18 heavy (non-hydrogen) atoms. The second-order valence-corrected chi connectivity index (χ2v) is 5.32. The van der Waals surface area contributed by atoms with Crippen LogP contribution in [0, 0.1) is 12.8 Å². The molecule has 3 heteroatoms. The van der Waals surface area contributed by atoms with Crippen molar-refractivity contribution in [1.29, 1.82) is 0 Å². The lowest BCUT2D eigenvalue weighted by atomic mass is 9.88. The van der Waals surface area contributed by atoms with Gasteiger partial charge in [0.15, 0.2) is 0 Å². The van der Waals surface area contributed by atoms with Crippen molar-refractivity contribution in [2.24, 2.45) is 5.92 Å². The van der Waals surface area contributed by atoms with Crippen molar-refractivity contribution in [2.75, 3.05) is 0 Å². The van der Waals surface area contributed by atoms with Crippen molar-refractivity contribution in [3.8, 4) is 5.75 Å². The van der Waals surface area contributed by atoms with Crippen LogP contribution < -0.4 is 4.74 Å². The molecule has 0 heterocycles. The molecule has 2 unspecified atom stereocenters. The number of benzene rings is 1. The van der Waals surface area contributed by atoms with Gasteiger partial charge in [-0.2, -0.15) is 0 Å². The first-order valence-corrected chi connectivity index (χ1v) is 6.57. The molecule has 2 rings (SSSR count). The summed E-state index contributed by atoms with van der Waals surface area (Å²) in [5.74, 6) is 0.257. The van der Waals surface area contributed by atoms with Gasteiger partial charge in [0.05, 0.1) is 6.10 Å². The average Bonchev–Trinajstić information content (AvgIpc) is 2.31. The molecule has 0 amide bonds. The lowest BCUT2D eigenvalue weighted by molar-refractivity contribution is 0.0683. The normalized spacial score (nSPS) is 23.7. The Morgan fingerprint density at radius 1 is 1.39 bits per heavy atom. The van der Waals surface area contributed by atoms with E-state index in [1.54, 1.807) is 12.1 Å². The number of carboxylic acids is 1. The number of aryl methyl sites for hydroxylation is 1. The van der Waals surface area contributed by atoms with Crippen LogP contribution in [0.15, 0.2) is 18.2 Å². The van der Waals surface area contributed by atoms with E-state index < -0.39 is 5.97 Å². The maximum Gasteiger partial charge on any atom is 0.339 e. The second kappa shape index (κ2) is 5.42. The maximum atomic E-state index is 11.2. The van der Waals surface area contributed by atoms with Crippen molar-refractivity contribution in [1.82, 2.24) is 0 Å². The maximum absolute atomic E-state index is 11.2. The fourth-order valence-corrected chi connectivity index (χ4v) is 2.58. The highest BCUT2D eigenvalue weighted by Gasteiger charge is 2.22. The molecule has 1 N–H and O–H groups in total. The van der Waals surface area contributed by atoms with Gasteiger partial charge in [0.25, 0.3) is 0 Å². The van der Waals surface area contributed by atoms with Crippen LogP contribution in [-0.2, 0) is 0 Å². The molecule has 3 nitrogen and oxygen atoms in total. The predicted octanol–water partition coefficient (Wildman–Crippen LogP) is 3.65. The number of hydrogen-bond acceptors (Lipinski definition) is 2.